The molecule has 0 spiro atoms. The Morgan fingerprint density at radius 3 is 0.893 bits per heavy atom. The summed E-state index contributed by atoms with van der Waals surface area (Å²) in [5.41, 5.74) is 29.1. The monoisotopic (exact) mass is 1430 g/mol. The Labute approximate surface area is 644 Å². The van der Waals surface area contributed by atoms with Crippen molar-refractivity contribution in [3.8, 4) is 72.9 Å². The Morgan fingerprint density at radius 2 is 0.429 bits per heavy atom. The summed E-state index contributed by atoms with van der Waals surface area (Å²) in [6.07, 6.45) is 0. The number of hydrogen-bond donors (Lipinski definition) is 0. The Morgan fingerprint density at radius 1 is 0.134 bits per heavy atom. The summed E-state index contributed by atoms with van der Waals surface area (Å²) in [6, 6.07) is 148. The van der Waals surface area contributed by atoms with E-state index in [-0.39, 0.29) is 0 Å². The van der Waals surface area contributed by atoms with Crippen LogP contribution >= 0.6 is 0 Å². The third kappa shape index (κ3) is 10.1. The zero-order chi connectivity index (χ0) is 73.5. The third-order valence-corrected chi connectivity index (χ3v) is 23.3. The van der Waals surface area contributed by atoms with Crippen LogP contribution in [0, 0.1) is 0 Å². The predicted octanol–water partition coefficient (Wildman–Crippen LogP) is 28.6. The van der Waals surface area contributed by atoms with Crippen LogP contribution < -0.4 is 0 Å². The topological polar surface area (TPSA) is 37.8 Å². The van der Waals surface area contributed by atoms with Crippen LogP contribution in [0.3, 0.4) is 0 Å². The van der Waals surface area contributed by atoms with Crippen molar-refractivity contribution in [1.29, 1.82) is 0 Å². The van der Waals surface area contributed by atoms with Crippen molar-refractivity contribution in [3.63, 3.8) is 0 Å². The van der Waals surface area contributed by atoms with Gasteiger partial charge >= 0.3 is 0 Å². The van der Waals surface area contributed by atoms with Crippen molar-refractivity contribution < 1.29 is 4.42 Å². The summed E-state index contributed by atoms with van der Waals surface area (Å²) in [5, 5.41) is 17.2. The van der Waals surface area contributed by atoms with Crippen LogP contribution in [-0.4, -0.2) is 22.8 Å². The number of fused-ring (bicyclic) bond motifs is 19. The quantitative estimate of drug-likeness (QED) is 0.142. The molecule has 6 heteroatoms. The van der Waals surface area contributed by atoms with Crippen LogP contribution in [0.4, 0.5) is 0 Å². The van der Waals surface area contributed by atoms with E-state index in [0.29, 0.717) is 0 Å². The Hall–Kier alpha value is -15.0. The molecule has 6 aromatic heterocycles. The van der Waals surface area contributed by atoms with Gasteiger partial charge in [0.15, 0.2) is 0 Å². The minimum absolute atomic E-state index is 0.903. The molecule has 0 aliphatic rings. The van der Waals surface area contributed by atoms with E-state index in [2.05, 4.69) is 417 Å². The molecule has 0 fully saturated rings. The molecule has 6 nitrogen and oxygen atoms in total. The fourth-order valence-corrected chi connectivity index (χ4v) is 18.1. The summed E-state index contributed by atoms with van der Waals surface area (Å²) < 4.78 is 18.4. The summed E-state index contributed by atoms with van der Waals surface area (Å²) in [6.45, 7) is 0. The first kappa shape index (κ1) is 63.1. The minimum atomic E-state index is 0.903. The lowest BCUT2D eigenvalue weighted by Gasteiger charge is -2.11. The molecule has 6 heterocycles. The molecular weight excluding hydrogens is 1360 g/mol. The fourth-order valence-electron chi connectivity index (χ4n) is 18.1. The van der Waals surface area contributed by atoms with Gasteiger partial charge in [-0.05, 0) is 207 Å². The van der Waals surface area contributed by atoms with Crippen LogP contribution in [0.15, 0.2) is 411 Å². The zero-order valence-electron chi connectivity index (χ0n) is 60.8. The molecule has 0 saturated heterocycles. The van der Waals surface area contributed by atoms with Gasteiger partial charge in [-0.1, -0.05) is 249 Å². The van der Waals surface area contributed by atoms with E-state index in [9.17, 15) is 0 Å². The molecule has 0 aliphatic carbocycles. The first-order valence-corrected chi connectivity index (χ1v) is 38.4. The first-order chi connectivity index (χ1) is 55.5. The molecule has 0 amide bonds. The summed E-state index contributed by atoms with van der Waals surface area (Å²) in [7, 11) is 0. The molecule has 24 rings (SSSR count). The van der Waals surface area contributed by atoms with Crippen molar-refractivity contribution in [2.24, 2.45) is 0 Å². The number of benzene rings is 18. The SMILES string of the molecule is c1ccc(-c2ccc(-n3c4ccccc4c4cc(-c5ccc6c(c5)c5cc7c(cc5n6-c5ccccc5)oc5ccccc57)ccc43)cc2)cc1.c1ccc(-c2ccc(-n3c4ccccc4c4cc(-c5ccc6c(c5)c5cc7c8ccccc8n(-c8ccc9ccccc9c8)c7cc5n6-c5ccccc5)ccc43)cc2)cc1. The van der Waals surface area contributed by atoms with Crippen molar-refractivity contribution in [3.05, 3.63) is 406 Å². The molecule has 0 radical (unpaired) electrons. The molecule has 522 valence electrons. The van der Waals surface area contributed by atoms with Gasteiger partial charge in [0.2, 0.25) is 0 Å². The molecular formula is C106H67N5O. The average molecular weight is 1430 g/mol. The highest BCUT2D eigenvalue weighted by molar-refractivity contribution is 6.22. The summed E-state index contributed by atoms with van der Waals surface area (Å²) in [5.74, 6) is 0. The highest BCUT2D eigenvalue weighted by atomic mass is 16.3. The van der Waals surface area contributed by atoms with E-state index in [0.717, 1.165) is 55.9 Å². The van der Waals surface area contributed by atoms with E-state index in [1.807, 2.05) is 12.1 Å². The van der Waals surface area contributed by atoms with Crippen molar-refractivity contribution in [1.82, 2.24) is 22.8 Å². The maximum atomic E-state index is 6.36. The minimum Gasteiger partial charge on any atom is -0.456 e. The van der Waals surface area contributed by atoms with E-state index in [4.69, 9.17) is 4.42 Å². The number of para-hydroxylation sites is 6. The number of furan rings is 1. The number of nitrogens with zero attached hydrogens (tertiary/aromatic N) is 5. The molecule has 0 aliphatic heterocycles. The molecule has 112 heavy (non-hydrogen) atoms. The van der Waals surface area contributed by atoms with Gasteiger partial charge in [0.1, 0.15) is 11.2 Å². The van der Waals surface area contributed by atoms with Gasteiger partial charge in [-0.2, -0.15) is 0 Å². The summed E-state index contributed by atoms with van der Waals surface area (Å²) in [4.78, 5) is 0. The predicted molar refractivity (Wildman–Crippen MR) is 471 cm³/mol. The van der Waals surface area contributed by atoms with E-state index in [1.54, 1.807) is 0 Å². The van der Waals surface area contributed by atoms with E-state index in [1.165, 1.54) is 159 Å². The van der Waals surface area contributed by atoms with Crippen molar-refractivity contribution in [2.45, 2.75) is 0 Å². The van der Waals surface area contributed by atoms with Crippen LogP contribution in [-0.2, 0) is 0 Å². The van der Waals surface area contributed by atoms with Crippen molar-refractivity contribution in [2.75, 3.05) is 0 Å². The third-order valence-electron chi connectivity index (χ3n) is 23.3. The van der Waals surface area contributed by atoms with Gasteiger partial charge in [-0.15, -0.1) is 0 Å². The van der Waals surface area contributed by atoms with Gasteiger partial charge in [-0.3, -0.25) is 0 Å². The number of hydrogen-bond acceptors (Lipinski definition) is 1. The van der Waals surface area contributed by atoms with Crippen LogP contribution in [0.1, 0.15) is 0 Å². The molecule has 0 atom stereocenters. The Bertz CT molecular complexity index is 7890. The molecule has 18 aromatic carbocycles. The van der Waals surface area contributed by atoms with Crippen LogP contribution in [0.2, 0.25) is 0 Å². The van der Waals surface area contributed by atoms with E-state index >= 15 is 0 Å². The highest BCUT2D eigenvalue weighted by Gasteiger charge is 2.23. The maximum absolute atomic E-state index is 6.36. The van der Waals surface area contributed by atoms with Gasteiger partial charge in [-0.25, -0.2) is 0 Å². The van der Waals surface area contributed by atoms with Crippen LogP contribution in [0.25, 0.3) is 215 Å². The van der Waals surface area contributed by atoms with Gasteiger partial charge in [0, 0.05) is 99.1 Å². The second kappa shape index (κ2) is 25.3. The second-order valence-corrected chi connectivity index (χ2v) is 29.5. The number of rotatable bonds is 9. The smallest absolute Gasteiger partial charge is 0.137 e. The standard InChI is InChI=1S/C58H37N3.C48H30N2O/c1-3-13-38(14-4-1)40-23-28-45(29-24-40)59-53-21-11-9-19-47(53)49-34-42(26-31-55(49)59)43-27-32-56-50(35-43)52-36-51-48-20-10-12-22-54(48)61(46-30-25-39-15-7-8-16-41(39)33-46)57(51)37-58(52)60(56)44-17-5-2-6-18-44;1-3-11-31(12-4-1)32-19-23-36(24-20-32)49-43-17-9-7-15-37(43)39-27-33(21-25-44(39)49)34-22-26-45-40(28-34)41-29-42-38-16-8-10-18-47(38)51-48(42)30-46(41)50(45)35-13-5-2-6-14-35/h1-37H;1-30H. The highest BCUT2D eigenvalue weighted by Crippen LogP contribution is 2.46. The van der Waals surface area contributed by atoms with Crippen molar-refractivity contribution >= 4 is 142 Å². The normalized spacial score (nSPS) is 11.9. The zero-order valence-corrected chi connectivity index (χ0v) is 60.8. The summed E-state index contributed by atoms with van der Waals surface area (Å²) >= 11 is 0. The Kier molecular flexibility index (Phi) is 14.3. The molecule has 0 saturated carbocycles. The fraction of sp³-hybridized carbons (Fsp3) is 0. The molecule has 24 aromatic rings. The lowest BCUT2D eigenvalue weighted by atomic mass is 10.00. The lowest BCUT2D eigenvalue weighted by Crippen LogP contribution is -1.96. The molecule has 0 unspecified atom stereocenters. The maximum Gasteiger partial charge on any atom is 0.137 e. The number of aromatic nitrogens is 5. The van der Waals surface area contributed by atoms with Gasteiger partial charge in [0.25, 0.3) is 0 Å². The van der Waals surface area contributed by atoms with Gasteiger partial charge < -0.3 is 27.3 Å². The van der Waals surface area contributed by atoms with Crippen LogP contribution in [0.5, 0.6) is 0 Å². The largest absolute Gasteiger partial charge is 0.456 e. The second-order valence-electron chi connectivity index (χ2n) is 29.5. The van der Waals surface area contributed by atoms with Gasteiger partial charge in [0.05, 0.1) is 55.2 Å². The molecule has 0 bridgehead atoms. The lowest BCUT2D eigenvalue weighted by molar-refractivity contribution is 0.669. The van der Waals surface area contributed by atoms with E-state index < -0.39 is 0 Å². The average Bonchev–Trinajstić information content (AvgIpc) is 1.54. The molecule has 0 N–H and O–H groups in total. The Balaban J connectivity index is 0.000000136. The first-order valence-electron chi connectivity index (χ1n) is 38.4.